The lowest BCUT2D eigenvalue weighted by Gasteiger charge is -2.09. The highest BCUT2D eigenvalue weighted by Gasteiger charge is 2.26. The molecule has 7 heteroatoms. The fourth-order valence-electron chi connectivity index (χ4n) is 1.53. The predicted molar refractivity (Wildman–Crippen MR) is 65.5 cm³/mol. The van der Waals surface area contributed by atoms with Crippen molar-refractivity contribution in [3.63, 3.8) is 0 Å². The smallest absolute Gasteiger partial charge is 0.288 e. The van der Waals surface area contributed by atoms with Crippen molar-refractivity contribution < 1.29 is 9.72 Å². The van der Waals surface area contributed by atoms with Gasteiger partial charge in [-0.2, -0.15) is 0 Å². The van der Waals surface area contributed by atoms with Gasteiger partial charge in [0.25, 0.3) is 11.6 Å². The average Bonchev–Trinajstić information content (AvgIpc) is 3.13. The molecular weight excluding hydrogens is 236 g/mol. The Morgan fingerprint density at radius 1 is 1.61 bits per heavy atom. The van der Waals surface area contributed by atoms with Crippen molar-refractivity contribution in [2.45, 2.75) is 25.8 Å². The van der Waals surface area contributed by atoms with E-state index in [1.54, 1.807) is 0 Å². The summed E-state index contributed by atoms with van der Waals surface area (Å²) in [5.74, 6) is 0.0610. The number of nitrogens with zero attached hydrogens (tertiary/aromatic N) is 2. The van der Waals surface area contributed by atoms with Gasteiger partial charge in [0.1, 0.15) is 12.0 Å². The lowest BCUT2D eigenvalue weighted by Crippen LogP contribution is -2.26. The maximum atomic E-state index is 12.0. The third-order valence-electron chi connectivity index (χ3n) is 2.59. The number of hydrogen-bond donors (Lipinski definition) is 2. The molecule has 7 nitrogen and oxygen atoms in total. The third-order valence-corrected chi connectivity index (χ3v) is 2.59. The Morgan fingerprint density at radius 3 is 2.89 bits per heavy atom. The minimum Gasteiger partial charge on any atom is -0.370 e. The van der Waals surface area contributed by atoms with E-state index in [9.17, 15) is 14.9 Å². The van der Waals surface area contributed by atoms with Gasteiger partial charge < -0.3 is 10.6 Å². The topological polar surface area (TPSA) is 97.2 Å². The number of carbonyl (C=O) groups excluding carboxylic acids is 1. The monoisotopic (exact) mass is 250 g/mol. The molecule has 0 aliphatic heterocycles. The number of nitro groups is 1. The average molecular weight is 250 g/mol. The Bertz CT molecular complexity index is 485. The Hall–Kier alpha value is -2.18. The Labute approximate surface area is 104 Å². The van der Waals surface area contributed by atoms with Gasteiger partial charge >= 0.3 is 0 Å². The highest BCUT2D eigenvalue weighted by molar-refractivity contribution is 5.99. The number of amides is 1. The molecule has 96 valence electrons. The van der Waals surface area contributed by atoms with Gasteiger partial charge in [-0.1, -0.05) is 0 Å². The van der Waals surface area contributed by atoms with Crippen LogP contribution in [0.5, 0.6) is 0 Å². The molecule has 18 heavy (non-hydrogen) atoms. The summed E-state index contributed by atoms with van der Waals surface area (Å²) in [4.78, 5) is 26.0. The molecular formula is C11H14N4O3. The van der Waals surface area contributed by atoms with E-state index in [0.717, 1.165) is 19.0 Å². The van der Waals surface area contributed by atoms with Crippen LogP contribution in [0.2, 0.25) is 0 Å². The molecule has 0 spiro atoms. The molecule has 0 bridgehead atoms. The lowest BCUT2D eigenvalue weighted by atomic mass is 10.2. The first-order valence-corrected chi connectivity index (χ1v) is 5.81. The highest BCUT2D eigenvalue weighted by Crippen LogP contribution is 2.23. The minimum absolute atomic E-state index is 0.183. The molecule has 0 unspecified atom stereocenters. The first-order chi connectivity index (χ1) is 8.61. The van der Waals surface area contributed by atoms with E-state index in [0.29, 0.717) is 12.4 Å². The van der Waals surface area contributed by atoms with Crippen LogP contribution < -0.4 is 10.6 Å². The SMILES string of the molecule is CCNc1ncc([N+](=O)[O-])cc1C(=O)NC1CC1. The van der Waals surface area contributed by atoms with Crippen LogP contribution in [0.15, 0.2) is 12.3 Å². The van der Waals surface area contributed by atoms with E-state index in [4.69, 9.17) is 0 Å². The largest absolute Gasteiger partial charge is 0.370 e. The number of carbonyl (C=O) groups is 1. The molecule has 1 aliphatic rings. The van der Waals surface area contributed by atoms with Crippen molar-refractivity contribution in [1.82, 2.24) is 10.3 Å². The first kappa shape index (κ1) is 12.3. The standard InChI is InChI=1S/C11H14N4O3/c1-2-12-10-9(11(16)14-7-3-4-7)5-8(6-13-10)15(17)18/h5-7H,2-4H2,1H3,(H,12,13)(H,14,16). The van der Waals surface area contributed by atoms with Crippen LogP contribution >= 0.6 is 0 Å². The molecule has 1 aliphatic carbocycles. The van der Waals surface area contributed by atoms with Crippen LogP contribution in [0.3, 0.4) is 0 Å². The van der Waals surface area contributed by atoms with E-state index in [1.807, 2.05) is 6.92 Å². The summed E-state index contributed by atoms with van der Waals surface area (Å²) in [5.41, 5.74) is 0.0375. The zero-order chi connectivity index (χ0) is 13.1. The second kappa shape index (κ2) is 4.99. The molecule has 2 rings (SSSR count). The maximum Gasteiger partial charge on any atom is 0.288 e. The molecule has 0 atom stereocenters. The molecule has 1 aromatic rings. The van der Waals surface area contributed by atoms with Crippen LogP contribution in [-0.4, -0.2) is 28.4 Å². The maximum absolute atomic E-state index is 12.0. The van der Waals surface area contributed by atoms with Gasteiger partial charge in [0.2, 0.25) is 0 Å². The van der Waals surface area contributed by atoms with Crippen LogP contribution in [0.4, 0.5) is 11.5 Å². The van der Waals surface area contributed by atoms with Gasteiger partial charge in [0.15, 0.2) is 0 Å². The number of nitrogens with one attached hydrogen (secondary N) is 2. The van der Waals surface area contributed by atoms with E-state index >= 15 is 0 Å². The molecule has 1 heterocycles. The summed E-state index contributed by atoms with van der Waals surface area (Å²) in [6.45, 7) is 2.46. The van der Waals surface area contributed by atoms with Crippen molar-refractivity contribution in [2.75, 3.05) is 11.9 Å². The molecule has 1 fully saturated rings. The van der Waals surface area contributed by atoms with Crippen molar-refractivity contribution in [3.8, 4) is 0 Å². The van der Waals surface area contributed by atoms with Crippen LogP contribution in [-0.2, 0) is 0 Å². The van der Waals surface area contributed by atoms with E-state index in [2.05, 4.69) is 15.6 Å². The molecule has 1 saturated carbocycles. The third kappa shape index (κ3) is 2.73. The summed E-state index contributed by atoms with van der Waals surface area (Å²) in [5, 5.41) is 16.4. The molecule has 0 saturated heterocycles. The molecule has 0 aromatic carbocycles. The van der Waals surface area contributed by atoms with Crippen molar-refractivity contribution in [3.05, 3.63) is 27.9 Å². The normalized spacial score (nSPS) is 14.1. The van der Waals surface area contributed by atoms with Crippen LogP contribution in [0.25, 0.3) is 0 Å². The number of aromatic nitrogens is 1. The number of rotatable bonds is 5. The van der Waals surface area contributed by atoms with Crippen LogP contribution in [0.1, 0.15) is 30.1 Å². The Kier molecular flexibility index (Phi) is 3.40. The van der Waals surface area contributed by atoms with Gasteiger partial charge in [-0.25, -0.2) is 4.98 Å². The van der Waals surface area contributed by atoms with E-state index in [-0.39, 0.29) is 23.2 Å². The lowest BCUT2D eigenvalue weighted by molar-refractivity contribution is -0.385. The number of pyridine rings is 1. The quantitative estimate of drug-likeness (QED) is 0.606. The Balaban J connectivity index is 2.29. The van der Waals surface area contributed by atoms with E-state index in [1.165, 1.54) is 6.07 Å². The highest BCUT2D eigenvalue weighted by atomic mass is 16.6. The molecule has 1 aromatic heterocycles. The minimum atomic E-state index is -0.559. The fraction of sp³-hybridized carbons (Fsp3) is 0.455. The van der Waals surface area contributed by atoms with Gasteiger partial charge in [-0.15, -0.1) is 0 Å². The number of anilines is 1. The zero-order valence-electron chi connectivity index (χ0n) is 9.97. The Morgan fingerprint density at radius 2 is 2.33 bits per heavy atom. The molecule has 1 amide bonds. The molecule has 2 N–H and O–H groups in total. The predicted octanol–water partition coefficient (Wildman–Crippen LogP) is 1.31. The fourth-order valence-corrected chi connectivity index (χ4v) is 1.53. The number of hydrogen-bond acceptors (Lipinski definition) is 5. The van der Waals surface area contributed by atoms with Crippen molar-refractivity contribution in [2.24, 2.45) is 0 Å². The van der Waals surface area contributed by atoms with Crippen LogP contribution in [0, 0.1) is 10.1 Å². The second-order valence-electron chi connectivity index (χ2n) is 4.12. The second-order valence-corrected chi connectivity index (χ2v) is 4.12. The van der Waals surface area contributed by atoms with Gasteiger partial charge in [0.05, 0.1) is 10.5 Å². The van der Waals surface area contributed by atoms with Gasteiger partial charge in [0, 0.05) is 18.7 Å². The zero-order valence-corrected chi connectivity index (χ0v) is 9.97. The van der Waals surface area contributed by atoms with Gasteiger partial charge in [-0.3, -0.25) is 14.9 Å². The van der Waals surface area contributed by atoms with Crippen molar-refractivity contribution >= 4 is 17.4 Å². The van der Waals surface area contributed by atoms with Crippen molar-refractivity contribution in [1.29, 1.82) is 0 Å². The first-order valence-electron chi connectivity index (χ1n) is 5.81. The molecule has 0 radical (unpaired) electrons. The summed E-state index contributed by atoms with van der Waals surface area (Å²) >= 11 is 0. The summed E-state index contributed by atoms with van der Waals surface area (Å²) < 4.78 is 0. The summed E-state index contributed by atoms with van der Waals surface area (Å²) in [7, 11) is 0. The van der Waals surface area contributed by atoms with E-state index < -0.39 is 4.92 Å². The summed E-state index contributed by atoms with van der Waals surface area (Å²) in [6.07, 6.45) is 3.07. The summed E-state index contributed by atoms with van der Waals surface area (Å²) in [6, 6.07) is 1.45. The van der Waals surface area contributed by atoms with Gasteiger partial charge in [-0.05, 0) is 19.8 Å².